The quantitative estimate of drug-likeness (QED) is 0.0785. The topological polar surface area (TPSA) is 125 Å². The predicted molar refractivity (Wildman–Crippen MR) is 186 cm³/mol. The van der Waals surface area contributed by atoms with Crippen LogP contribution in [0.4, 0.5) is 5.82 Å². The highest BCUT2D eigenvalue weighted by Crippen LogP contribution is 2.51. The number of fused-ring (bicyclic) bond motifs is 1. The van der Waals surface area contributed by atoms with Crippen LogP contribution in [0.25, 0.3) is 11.2 Å². The highest BCUT2D eigenvalue weighted by atomic mass is 32.3. The summed E-state index contributed by atoms with van der Waals surface area (Å²) in [5.74, 6) is 5.51. The standard InChI is InChI=1S/C31H56N5O4PS2/c1-27(23-36-25-35-28-29(32)33-24-34-30(28)36)39-26-41(37,38)40-19-21-42-20-17-15-13-11-9-7-8-10-12-14-16-18-22-43(5,6)31(2,3)4/h24-25,27H,7-17,19-21,23,26H2,1-6H3,(H,37,38)(H2,32,33,34)/t27-/m1/s1. The molecule has 12 heteroatoms. The summed E-state index contributed by atoms with van der Waals surface area (Å²) in [7, 11) is -4.64. The molecule has 0 spiro atoms. The molecule has 1 unspecified atom stereocenters. The zero-order valence-electron chi connectivity index (χ0n) is 27.3. The Kier molecular flexibility index (Phi) is 17.0. The molecule has 2 aromatic rings. The Bertz CT molecular complexity index is 1190. The van der Waals surface area contributed by atoms with Gasteiger partial charge in [0.15, 0.2) is 11.5 Å². The van der Waals surface area contributed by atoms with E-state index in [2.05, 4.69) is 59.4 Å². The Labute approximate surface area is 266 Å². The highest BCUT2D eigenvalue weighted by molar-refractivity contribution is 8.37. The van der Waals surface area contributed by atoms with Gasteiger partial charge in [0.2, 0.25) is 0 Å². The lowest BCUT2D eigenvalue weighted by Crippen LogP contribution is -2.21. The van der Waals surface area contributed by atoms with E-state index in [0.717, 1.165) is 12.2 Å². The molecule has 0 bridgehead atoms. The van der Waals surface area contributed by atoms with Crippen molar-refractivity contribution >= 4 is 46.4 Å². The molecule has 0 amide bonds. The fraction of sp³-hybridized carbons (Fsp3) is 0.774. The first-order valence-electron chi connectivity index (χ1n) is 15.6. The maximum absolute atomic E-state index is 12.3. The van der Waals surface area contributed by atoms with Crippen LogP contribution in [0.15, 0.2) is 12.7 Å². The number of ether oxygens (including phenoxy) is 1. The number of hydrogen-bond acceptors (Lipinski definition) is 8. The molecule has 0 saturated carbocycles. The summed E-state index contributed by atoms with van der Waals surface area (Å²) in [6, 6.07) is 0. The number of nitrogens with zero attached hydrogens (tertiary/aromatic N) is 4. The van der Waals surface area contributed by atoms with E-state index in [1.165, 1.54) is 70.5 Å². The van der Waals surface area contributed by atoms with E-state index in [4.69, 9.17) is 15.0 Å². The van der Waals surface area contributed by atoms with Crippen molar-refractivity contribution in [1.82, 2.24) is 19.5 Å². The van der Waals surface area contributed by atoms with Crippen molar-refractivity contribution in [3.63, 3.8) is 0 Å². The van der Waals surface area contributed by atoms with Crippen LogP contribution in [0.3, 0.4) is 0 Å². The monoisotopic (exact) mass is 657 g/mol. The average molecular weight is 658 g/mol. The van der Waals surface area contributed by atoms with Crippen LogP contribution >= 0.6 is 29.4 Å². The zero-order chi connectivity index (χ0) is 31.8. The molecule has 2 heterocycles. The molecule has 0 fully saturated rings. The molecule has 246 valence electrons. The van der Waals surface area contributed by atoms with Gasteiger partial charge in [-0.1, -0.05) is 83.3 Å². The first-order chi connectivity index (χ1) is 20.3. The Morgan fingerprint density at radius 3 is 2.30 bits per heavy atom. The van der Waals surface area contributed by atoms with Crippen molar-refractivity contribution in [3.8, 4) is 11.2 Å². The number of nitrogens with two attached hydrogens (primary N) is 1. The summed E-state index contributed by atoms with van der Waals surface area (Å²) in [5, 5.41) is 3.57. The molecule has 0 aliphatic carbocycles. The third-order valence-corrected chi connectivity index (χ3v) is 13.4. The van der Waals surface area contributed by atoms with Crippen LogP contribution in [0.2, 0.25) is 0 Å². The Hall–Kier alpha value is -1.28. The second-order valence-electron chi connectivity index (χ2n) is 12.5. The van der Waals surface area contributed by atoms with Crippen molar-refractivity contribution in [2.24, 2.45) is 0 Å². The van der Waals surface area contributed by atoms with E-state index in [9.17, 15) is 9.46 Å². The number of thioether (sulfide) groups is 1. The normalized spacial score (nSPS) is 14.8. The summed E-state index contributed by atoms with van der Waals surface area (Å²) in [5.41, 5.74) is 6.95. The molecule has 0 saturated heterocycles. The number of nitrogen functional groups attached to an aromatic ring is 1. The van der Waals surface area contributed by atoms with Crippen molar-refractivity contribution in [2.45, 2.75) is 116 Å². The van der Waals surface area contributed by atoms with Gasteiger partial charge in [-0.2, -0.15) is 21.8 Å². The smallest absolute Gasteiger partial charge is 0.353 e. The molecule has 2 aromatic heterocycles. The molecule has 0 aromatic carbocycles. The average Bonchev–Trinajstić information content (AvgIpc) is 3.34. The lowest BCUT2D eigenvalue weighted by molar-refractivity contribution is 0.0724. The van der Waals surface area contributed by atoms with E-state index >= 15 is 0 Å². The number of rotatable bonds is 21. The number of unbranched alkanes of at least 4 members (excludes halogenated alkanes) is 10. The summed E-state index contributed by atoms with van der Waals surface area (Å²) >= 11 is 1.77. The molecule has 3 N–H and O–H groups in total. The number of aromatic nitrogens is 4. The van der Waals surface area contributed by atoms with Gasteiger partial charge in [0, 0.05) is 16.9 Å². The SMILES string of the molecule is C[C@H](Cn1cnc2c(N)ncnc21)OCP(=O)(O)OCCSCCCCCCCCCCCCC#CS(C)(C)C(C)(C)C. The maximum Gasteiger partial charge on any atom is 0.353 e. The first-order valence-corrected chi connectivity index (χ1v) is 21.0. The van der Waals surface area contributed by atoms with Gasteiger partial charge in [0.05, 0.1) is 25.6 Å². The van der Waals surface area contributed by atoms with Gasteiger partial charge in [-0.25, -0.2) is 15.0 Å². The van der Waals surface area contributed by atoms with Gasteiger partial charge in [-0.15, -0.1) is 0 Å². The summed E-state index contributed by atoms with van der Waals surface area (Å²) in [6.45, 7) is 9.37. The second kappa shape index (κ2) is 19.3. The molecule has 43 heavy (non-hydrogen) atoms. The maximum atomic E-state index is 12.3. The van der Waals surface area contributed by atoms with Crippen molar-refractivity contribution < 1.29 is 18.7 Å². The number of imidazole rings is 1. The molecule has 2 atom stereocenters. The van der Waals surface area contributed by atoms with Crippen LogP contribution in [-0.4, -0.2) is 72.2 Å². The highest BCUT2D eigenvalue weighted by Gasteiger charge is 2.25. The van der Waals surface area contributed by atoms with Crippen LogP contribution in [0.1, 0.15) is 98.3 Å². The minimum Gasteiger partial charge on any atom is -0.382 e. The van der Waals surface area contributed by atoms with E-state index < -0.39 is 17.6 Å². The lowest BCUT2D eigenvalue weighted by Gasteiger charge is -2.39. The van der Waals surface area contributed by atoms with Crippen LogP contribution in [-0.2, 0) is 20.4 Å². The molecule has 9 nitrogen and oxygen atoms in total. The van der Waals surface area contributed by atoms with E-state index in [-0.39, 0.29) is 19.1 Å². The van der Waals surface area contributed by atoms with Crippen LogP contribution < -0.4 is 5.73 Å². The zero-order valence-corrected chi connectivity index (χ0v) is 29.9. The van der Waals surface area contributed by atoms with Crippen LogP contribution in [0, 0.1) is 11.2 Å². The van der Waals surface area contributed by atoms with Crippen molar-refractivity contribution in [3.05, 3.63) is 12.7 Å². The van der Waals surface area contributed by atoms with E-state index in [0.29, 0.717) is 34.0 Å². The Morgan fingerprint density at radius 1 is 1.02 bits per heavy atom. The molecule has 2 rings (SSSR count). The van der Waals surface area contributed by atoms with Gasteiger partial charge in [0.1, 0.15) is 18.2 Å². The second-order valence-corrected chi connectivity index (χ2v) is 19.6. The van der Waals surface area contributed by atoms with Gasteiger partial charge in [-0.05, 0) is 38.0 Å². The number of hydrogen-bond donors (Lipinski definition) is 2. The third-order valence-electron chi connectivity index (χ3n) is 7.62. The molecule has 0 radical (unpaired) electrons. The molecule has 0 aliphatic heterocycles. The molecular formula is C31H56N5O4PS2. The third kappa shape index (κ3) is 15.0. The van der Waals surface area contributed by atoms with Gasteiger partial charge >= 0.3 is 7.60 Å². The summed E-state index contributed by atoms with van der Waals surface area (Å²) in [6.07, 6.45) is 20.9. The fourth-order valence-electron chi connectivity index (χ4n) is 4.18. The van der Waals surface area contributed by atoms with Gasteiger partial charge in [0.25, 0.3) is 0 Å². The Balaban J connectivity index is 1.39. The van der Waals surface area contributed by atoms with Crippen molar-refractivity contribution in [1.29, 1.82) is 0 Å². The predicted octanol–water partition coefficient (Wildman–Crippen LogP) is 7.82. The van der Waals surface area contributed by atoms with Gasteiger partial charge in [-0.3, -0.25) is 4.57 Å². The van der Waals surface area contributed by atoms with E-state index in [1.807, 2.05) is 6.92 Å². The number of anilines is 1. The Morgan fingerprint density at radius 2 is 1.65 bits per heavy atom. The largest absolute Gasteiger partial charge is 0.382 e. The van der Waals surface area contributed by atoms with Crippen LogP contribution in [0.5, 0.6) is 0 Å². The lowest BCUT2D eigenvalue weighted by atomic mass is 10.1. The van der Waals surface area contributed by atoms with E-state index in [1.54, 1.807) is 22.7 Å². The summed E-state index contributed by atoms with van der Waals surface area (Å²) in [4.78, 5) is 22.5. The first kappa shape index (κ1) is 37.9. The summed E-state index contributed by atoms with van der Waals surface area (Å²) < 4.78 is 25.3. The molecule has 0 aliphatic rings. The molecular weight excluding hydrogens is 601 g/mol. The minimum absolute atomic E-state index is 0.237. The minimum atomic E-state index is -3.81. The van der Waals surface area contributed by atoms with Gasteiger partial charge < -0.3 is 24.5 Å². The fourth-order valence-corrected chi connectivity index (χ4v) is 6.78. The van der Waals surface area contributed by atoms with Crippen molar-refractivity contribution in [2.75, 3.05) is 42.7 Å².